The Kier molecular flexibility index (Phi) is 13.2. The highest BCUT2D eigenvalue weighted by atomic mass is 32.1. The van der Waals surface area contributed by atoms with Crippen LogP contribution in [-0.2, 0) is 25.6 Å². The van der Waals surface area contributed by atoms with Gasteiger partial charge in [-0.15, -0.1) is 0 Å². The topological polar surface area (TPSA) is 177 Å². The van der Waals surface area contributed by atoms with Crippen molar-refractivity contribution in [3.8, 4) is 0 Å². The lowest BCUT2D eigenvalue weighted by atomic mass is 10.00. The minimum absolute atomic E-state index is 0.0973. The summed E-state index contributed by atoms with van der Waals surface area (Å²) in [5, 5.41) is 17.4. The molecule has 0 aliphatic rings. The van der Waals surface area contributed by atoms with Crippen molar-refractivity contribution in [2.24, 2.45) is 17.4 Å². The second-order valence-corrected chi connectivity index (χ2v) is 8.82. The van der Waals surface area contributed by atoms with Crippen LogP contribution in [0.3, 0.4) is 0 Å². The number of hydrogen-bond donors (Lipinski definition) is 7. The zero-order valence-corrected chi connectivity index (χ0v) is 20.6. The second-order valence-electron chi connectivity index (χ2n) is 8.45. The number of carboxylic acid groups (broad SMARTS) is 1. The van der Waals surface area contributed by atoms with E-state index in [1.54, 1.807) is 38.1 Å². The molecule has 4 atom stereocenters. The van der Waals surface area contributed by atoms with Crippen molar-refractivity contribution in [3.05, 3.63) is 35.9 Å². The van der Waals surface area contributed by atoms with Gasteiger partial charge >= 0.3 is 5.97 Å². The highest BCUT2D eigenvalue weighted by molar-refractivity contribution is 7.80. The van der Waals surface area contributed by atoms with Gasteiger partial charge in [-0.3, -0.25) is 14.4 Å². The van der Waals surface area contributed by atoms with Crippen molar-refractivity contribution in [1.82, 2.24) is 16.0 Å². The molecule has 8 N–H and O–H groups in total. The van der Waals surface area contributed by atoms with Crippen LogP contribution in [0.15, 0.2) is 30.3 Å². The number of carbonyl (C=O) groups excluding carboxylic acids is 3. The van der Waals surface area contributed by atoms with Crippen molar-refractivity contribution in [2.45, 2.75) is 63.7 Å². The maximum absolute atomic E-state index is 13.0. The number of thiol groups is 1. The van der Waals surface area contributed by atoms with Gasteiger partial charge < -0.3 is 32.5 Å². The van der Waals surface area contributed by atoms with Gasteiger partial charge in [0.05, 0.1) is 6.04 Å². The molecule has 1 rings (SSSR count). The molecule has 0 saturated carbocycles. The molecule has 0 heterocycles. The summed E-state index contributed by atoms with van der Waals surface area (Å²) in [7, 11) is 0. The Labute approximate surface area is 206 Å². The van der Waals surface area contributed by atoms with Crippen LogP contribution in [-0.4, -0.2) is 65.3 Å². The maximum atomic E-state index is 13.0. The number of aliphatic carboxylic acids is 1. The van der Waals surface area contributed by atoms with Crippen LogP contribution in [0.1, 0.15) is 38.7 Å². The van der Waals surface area contributed by atoms with Gasteiger partial charge in [0.15, 0.2) is 0 Å². The number of carboxylic acids is 1. The molecule has 0 bridgehead atoms. The number of carbonyl (C=O) groups is 4. The smallest absolute Gasteiger partial charge is 0.326 e. The molecular formula is C23H37N5O5S. The molecule has 0 aliphatic heterocycles. The van der Waals surface area contributed by atoms with Gasteiger partial charge in [-0.05, 0) is 37.3 Å². The van der Waals surface area contributed by atoms with Gasteiger partial charge in [0.2, 0.25) is 17.7 Å². The average Bonchev–Trinajstić information content (AvgIpc) is 2.80. The molecule has 0 radical (unpaired) electrons. The molecule has 3 amide bonds. The second kappa shape index (κ2) is 15.3. The first-order valence-electron chi connectivity index (χ1n) is 11.3. The van der Waals surface area contributed by atoms with Gasteiger partial charge in [0, 0.05) is 12.2 Å². The third-order valence-electron chi connectivity index (χ3n) is 5.26. The summed E-state index contributed by atoms with van der Waals surface area (Å²) in [5.41, 5.74) is 12.0. The van der Waals surface area contributed by atoms with E-state index in [0.29, 0.717) is 25.8 Å². The summed E-state index contributed by atoms with van der Waals surface area (Å²) >= 11 is 4.00. The van der Waals surface area contributed by atoms with Crippen LogP contribution in [0.2, 0.25) is 0 Å². The Balaban J connectivity index is 2.93. The van der Waals surface area contributed by atoms with Crippen molar-refractivity contribution >= 4 is 36.3 Å². The molecular weight excluding hydrogens is 458 g/mol. The lowest BCUT2D eigenvalue weighted by Crippen LogP contribution is -2.58. The summed E-state index contributed by atoms with van der Waals surface area (Å²) in [6.45, 7) is 3.90. The number of amides is 3. The van der Waals surface area contributed by atoms with E-state index >= 15 is 0 Å². The van der Waals surface area contributed by atoms with Gasteiger partial charge in [0.1, 0.15) is 18.1 Å². The highest BCUT2D eigenvalue weighted by Crippen LogP contribution is 2.09. The molecule has 1 aromatic rings. The van der Waals surface area contributed by atoms with Crippen LogP contribution < -0.4 is 27.4 Å². The van der Waals surface area contributed by atoms with E-state index in [2.05, 4.69) is 28.6 Å². The van der Waals surface area contributed by atoms with Gasteiger partial charge in [-0.1, -0.05) is 44.2 Å². The lowest BCUT2D eigenvalue weighted by molar-refractivity contribution is -0.142. The summed E-state index contributed by atoms with van der Waals surface area (Å²) in [5.74, 6) is -3.11. The van der Waals surface area contributed by atoms with Gasteiger partial charge in [-0.2, -0.15) is 12.6 Å². The molecule has 190 valence electrons. The number of hydrogen-bond acceptors (Lipinski definition) is 7. The third-order valence-corrected chi connectivity index (χ3v) is 5.65. The Bertz CT molecular complexity index is 808. The molecule has 11 heteroatoms. The van der Waals surface area contributed by atoms with Crippen molar-refractivity contribution in [2.75, 3.05) is 12.3 Å². The predicted molar refractivity (Wildman–Crippen MR) is 133 cm³/mol. The Morgan fingerprint density at radius 2 is 1.56 bits per heavy atom. The molecule has 0 aliphatic carbocycles. The first-order valence-corrected chi connectivity index (χ1v) is 12.0. The molecule has 4 unspecified atom stereocenters. The average molecular weight is 496 g/mol. The Morgan fingerprint density at radius 1 is 0.941 bits per heavy atom. The fourth-order valence-electron chi connectivity index (χ4n) is 3.22. The molecule has 10 nitrogen and oxygen atoms in total. The Morgan fingerprint density at radius 3 is 2.09 bits per heavy atom. The number of nitrogens with two attached hydrogens (primary N) is 2. The molecule has 0 fully saturated rings. The minimum Gasteiger partial charge on any atom is -0.480 e. The van der Waals surface area contributed by atoms with E-state index in [4.69, 9.17) is 11.5 Å². The van der Waals surface area contributed by atoms with E-state index in [-0.39, 0.29) is 18.1 Å². The van der Waals surface area contributed by atoms with Crippen LogP contribution in [0.4, 0.5) is 0 Å². The van der Waals surface area contributed by atoms with Crippen LogP contribution in [0.5, 0.6) is 0 Å². The van der Waals surface area contributed by atoms with Gasteiger partial charge in [0.25, 0.3) is 0 Å². The standard InChI is InChI=1S/C23H37N5O5S/c1-14(2)19(22(31)27-18(23(32)33)12-15-8-4-3-5-9-15)28-21(30)17(10-6-7-11-24)26-20(29)16(25)13-34/h3-5,8-9,14,16-19,34H,6-7,10-13,24-25H2,1-2H3,(H,26,29)(H,27,31)(H,28,30)(H,32,33). The number of rotatable bonds is 15. The largest absolute Gasteiger partial charge is 0.480 e. The number of unbranched alkanes of at least 4 members (excludes halogenated alkanes) is 1. The fraction of sp³-hybridized carbons (Fsp3) is 0.565. The fourth-order valence-corrected chi connectivity index (χ4v) is 3.39. The van der Waals surface area contributed by atoms with Crippen molar-refractivity contribution in [3.63, 3.8) is 0 Å². The minimum atomic E-state index is -1.18. The molecule has 34 heavy (non-hydrogen) atoms. The first-order chi connectivity index (χ1) is 16.1. The monoisotopic (exact) mass is 495 g/mol. The van der Waals surface area contributed by atoms with E-state index in [9.17, 15) is 24.3 Å². The van der Waals surface area contributed by atoms with Crippen LogP contribution >= 0.6 is 12.6 Å². The van der Waals surface area contributed by atoms with Crippen LogP contribution in [0.25, 0.3) is 0 Å². The summed E-state index contributed by atoms with van der Waals surface area (Å²) in [4.78, 5) is 49.9. The quantitative estimate of drug-likeness (QED) is 0.130. The molecule has 0 aromatic heterocycles. The first kappa shape index (κ1) is 29.4. The summed E-state index contributed by atoms with van der Waals surface area (Å²) in [6.07, 6.45) is 1.65. The van der Waals surface area contributed by atoms with Crippen LogP contribution in [0, 0.1) is 5.92 Å². The normalized spacial score (nSPS) is 14.5. The Hall–Kier alpha value is -2.63. The highest BCUT2D eigenvalue weighted by Gasteiger charge is 2.31. The number of nitrogens with one attached hydrogen (secondary N) is 3. The van der Waals surface area contributed by atoms with E-state index in [1.807, 2.05) is 6.07 Å². The van der Waals surface area contributed by atoms with E-state index in [0.717, 1.165) is 5.56 Å². The summed E-state index contributed by atoms with van der Waals surface area (Å²) < 4.78 is 0. The predicted octanol–water partition coefficient (Wildman–Crippen LogP) is -0.190. The molecule has 0 spiro atoms. The summed E-state index contributed by atoms with van der Waals surface area (Å²) in [6, 6.07) is 4.96. The van der Waals surface area contributed by atoms with E-state index < -0.39 is 47.9 Å². The maximum Gasteiger partial charge on any atom is 0.326 e. The molecule has 0 saturated heterocycles. The zero-order valence-electron chi connectivity index (χ0n) is 19.7. The van der Waals surface area contributed by atoms with Crippen molar-refractivity contribution < 1.29 is 24.3 Å². The third kappa shape index (κ3) is 10.1. The molecule has 1 aromatic carbocycles. The zero-order chi connectivity index (χ0) is 25.7. The lowest BCUT2D eigenvalue weighted by Gasteiger charge is -2.27. The van der Waals surface area contributed by atoms with Crippen molar-refractivity contribution in [1.29, 1.82) is 0 Å². The van der Waals surface area contributed by atoms with Gasteiger partial charge in [-0.25, -0.2) is 4.79 Å². The van der Waals surface area contributed by atoms with E-state index in [1.165, 1.54) is 0 Å². The number of benzene rings is 1. The SMILES string of the molecule is CC(C)C(NC(=O)C(CCCCN)NC(=O)C(N)CS)C(=O)NC(Cc1ccccc1)C(=O)O.